The fraction of sp³-hybridized carbons (Fsp3) is 0.800. The summed E-state index contributed by atoms with van der Waals surface area (Å²) in [5.41, 5.74) is 5.33. The van der Waals surface area contributed by atoms with Crippen molar-refractivity contribution in [3.63, 3.8) is 0 Å². The third-order valence-electron chi connectivity index (χ3n) is 1.37. The van der Waals surface area contributed by atoms with Gasteiger partial charge in [-0.1, -0.05) is 0 Å². The van der Waals surface area contributed by atoms with Gasteiger partial charge in [-0.2, -0.15) is 0 Å². The molecule has 46 valence electrons. The van der Waals surface area contributed by atoms with Gasteiger partial charge in [-0.25, -0.2) is 0 Å². The van der Waals surface area contributed by atoms with E-state index in [1.165, 1.54) is 0 Å². The minimum Gasteiger partial charge on any atom is -0.381 e. The second-order valence-corrected chi connectivity index (χ2v) is 2.01. The highest BCUT2D eigenvalue weighted by Gasteiger charge is 2.24. The number of ether oxygens (including phenoxy) is 1. The van der Waals surface area contributed by atoms with E-state index in [9.17, 15) is 4.79 Å². The molecule has 1 aliphatic heterocycles. The molecule has 0 radical (unpaired) electrons. The van der Waals surface area contributed by atoms with E-state index in [0.29, 0.717) is 13.2 Å². The summed E-state index contributed by atoms with van der Waals surface area (Å²) in [5, 5.41) is 0. The first kappa shape index (κ1) is 5.72. The SMILES string of the molecule is NC(C=O)C1COC1. The fourth-order valence-electron chi connectivity index (χ4n) is 0.587. The van der Waals surface area contributed by atoms with E-state index in [0.717, 1.165) is 6.29 Å². The molecule has 3 heteroatoms. The number of hydrogen-bond donors (Lipinski definition) is 1. The molecule has 1 aliphatic rings. The number of aldehydes is 1. The van der Waals surface area contributed by atoms with Crippen LogP contribution in [0.4, 0.5) is 0 Å². The predicted molar refractivity (Wildman–Crippen MR) is 28.3 cm³/mol. The Hall–Kier alpha value is -0.410. The molecule has 1 atom stereocenters. The van der Waals surface area contributed by atoms with Gasteiger partial charge in [0.2, 0.25) is 0 Å². The molecule has 0 saturated carbocycles. The lowest BCUT2D eigenvalue weighted by Crippen LogP contribution is -2.43. The minimum atomic E-state index is -0.302. The number of carbonyl (C=O) groups is 1. The van der Waals surface area contributed by atoms with Crippen molar-refractivity contribution >= 4 is 6.29 Å². The Labute approximate surface area is 47.8 Å². The predicted octanol–water partition coefficient (Wildman–Crippen LogP) is -0.841. The maximum Gasteiger partial charge on any atom is 0.137 e. The van der Waals surface area contributed by atoms with Gasteiger partial charge in [0.25, 0.3) is 0 Å². The zero-order valence-corrected chi connectivity index (χ0v) is 4.54. The van der Waals surface area contributed by atoms with Crippen molar-refractivity contribution in [2.45, 2.75) is 6.04 Å². The zero-order chi connectivity index (χ0) is 5.98. The molecule has 1 saturated heterocycles. The molecule has 0 amide bonds. The van der Waals surface area contributed by atoms with Gasteiger partial charge < -0.3 is 15.3 Å². The third kappa shape index (κ3) is 0.877. The maximum absolute atomic E-state index is 9.96. The summed E-state index contributed by atoms with van der Waals surface area (Å²) >= 11 is 0. The first-order valence-electron chi connectivity index (χ1n) is 2.63. The molecule has 0 aromatic rings. The standard InChI is InChI=1S/C5H9NO2/c6-5(1-7)4-2-8-3-4/h1,4-5H,2-3,6H2. The Morgan fingerprint density at radius 1 is 1.75 bits per heavy atom. The summed E-state index contributed by atoms with van der Waals surface area (Å²) in [7, 11) is 0. The van der Waals surface area contributed by atoms with Crippen LogP contribution in [-0.2, 0) is 9.53 Å². The number of carbonyl (C=O) groups excluding carboxylic acids is 1. The van der Waals surface area contributed by atoms with Crippen LogP contribution in [0.1, 0.15) is 0 Å². The lowest BCUT2D eigenvalue weighted by Gasteiger charge is -2.27. The first-order valence-corrected chi connectivity index (χ1v) is 2.63. The smallest absolute Gasteiger partial charge is 0.137 e. The summed E-state index contributed by atoms with van der Waals surface area (Å²) in [6.07, 6.45) is 0.771. The van der Waals surface area contributed by atoms with Crippen molar-refractivity contribution in [1.82, 2.24) is 0 Å². The van der Waals surface area contributed by atoms with Crippen LogP contribution in [0, 0.1) is 5.92 Å². The first-order chi connectivity index (χ1) is 3.84. The fourth-order valence-corrected chi connectivity index (χ4v) is 0.587. The van der Waals surface area contributed by atoms with Crippen molar-refractivity contribution in [3.05, 3.63) is 0 Å². The summed E-state index contributed by atoms with van der Waals surface area (Å²) < 4.78 is 4.82. The average Bonchev–Trinajstić information content (AvgIpc) is 1.62. The topological polar surface area (TPSA) is 52.3 Å². The maximum atomic E-state index is 9.96. The third-order valence-corrected chi connectivity index (χ3v) is 1.37. The normalized spacial score (nSPS) is 24.1. The van der Waals surface area contributed by atoms with Crippen molar-refractivity contribution < 1.29 is 9.53 Å². The van der Waals surface area contributed by atoms with Crippen LogP contribution < -0.4 is 5.73 Å². The summed E-state index contributed by atoms with van der Waals surface area (Å²) in [6, 6.07) is -0.302. The molecule has 0 aliphatic carbocycles. The lowest BCUT2D eigenvalue weighted by molar-refractivity contribution is -0.115. The van der Waals surface area contributed by atoms with Crippen LogP contribution in [0.2, 0.25) is 0 Å². The van der Waals surface area contributed by atoms with Gasteiger partial charge >= 0.3 is 0 Å². The molecular weight excluding hydrogens is 106 g/mol. The lowest BCUT2D eigenvalue weighted by atomic mass is 10.0. The summed E-state index contributed by atoms with van der Waals surface area (Å²) in [6.45, 7) is 1.31. The Bertz CT molecular complexity index is 90.4. The average molecular weight is 115 g/mol. The number of rotatable bonds is 2. The molecule has 1 heterocycles. The van der Waals surface area contributed by atoms with Crippen molar-refractivity contribution in [2.75, 3.05) is 13.2 Å². The monoisotopic (exact) mass is 115 g/mol. The zero-order valence-electron chi connectivity index (χ0n) is 4.54. The van der Waals surface area contributed by atoms with Crippen LogP contribution in [0.25, 0.3) is 0 Å². The van der Waals surface area contributed by atoms with Gasteiger partial charge in [0.05, 0.1) is 19.3 Å². The van der Waals surface area contributed by atoms with Gasteiger partial charge in [-0.3, -0.25) is 0 Å². The molecule has 0 spiro atoms. The minimum absolute atomic E-state index is 0.285. The molecule has 8 heavy (non-hydrogen) atoms. The van der Waals surface area contributed by atoms with Crippen molar-refractivity contribution in [3.8, 4) is 0 Å². The second kappa shape index (κ2) is 2.24. The molecule has 0 aromatic heterocycles. The largest absolute Gasteiger partial charge is 0.381 e. The van der Waals surface area contributed by atoms with Crippen LogP contribution in [0.5, 0.6) is 0 Å². The molecule has 0 aromatic carbocycles. The molecule has 1 unspecified atom stereocenters. The molecular formula is C5H9NO2. The van der Waals surface area contributed by atoms with Gasteiger partial charge in [-0.05, 0) is 0 Å². The van der Waals surface area contributed by atoms with Gasteiger partial charge in [0, 0.05) is 5.92 Å². The van der Waals surface area contributed by atoms with Crippen LogP contribution >= 0.6 is 0 Å². The van der Waals surface area contributed by atoms with Crippen molar-refractivity contribution in [2.24, 2.45) is 11.7 Å². The van der Waals surface area contributed by atoms with Crippen LogP contribution in [0.15, 0.2) is 0 Å². The van der Waals surface area contributed by atoms with Gasteiger partial charge in [-0.15, -0.1) is 0 Å². The van der Waals surface area contributed by atoms with E-state index in [4.69, 9.17) is 10.5 Å². The highest BCUT2D eigenvalue weighted by Crippen LogP contribution is 2.10. The second-order valence-electron chi connectivity index (χ2n) is 2.01. The van der Waals surface area contributed by atoms with Crippen LogP contribution in [-0.4, -0.2) is 25.5 Å². The number of hydrogen-bond acceptors (Lipinski definition) is 3. The molecule has 3 nitrogen and oxygen atoms in total. The Balaban J connectivity index is 2.22. The van der Waals surface area contributed by atoms with E-state index < -0.39 is 0 Å². The van der Waals surface area contributed by atoms with Crippen LogP contribution in [0.3, 0.4) is 0 Å². The molecule has 1 rings (SSSR count). The molecule has 1 fully saturated rings. The molecule has 0 bridgehead atoms. The summed E-state index contributed by atoms with van der Waals surface area (Å²) in [4.78, 5) is 9.96. The van der Waals surface area contributed by atoms with Gasteiger partial charge in [0.15, 0.2) is 0 Å². The van der Waals surface area contributed by atoms with E-state index >= 15 is 0 Å². The number of nitrogens with two attached hydrogens (primary N) is 1. The highest BCUT2D eigenvalue weighted by atomic mass is 16.5. The Morgan fingerprint density at radius 3 is 2.50 bits per heavy atom. The quantitative estimate of drug-likeness (QED) is 0.477. The van der Waals surface area contributed by atoms with Gasteiger partial charge in [0.1, 0.15) is 6.29 Å². The molecule has 2 N–H and O–H groups in total. The van der Waals surface area contributed by atoms with E-state index in [-0.39, 0.29) is 12.0 Å². The van der Waals surface area contributed by atoms with Crippen molar-refractivity contribution in [1.29, 1.82) is 0 Å². The Morgan fingerprint density at radius 2 is 2.38 bits per heavy atom. The Kier molecular flexibility index (Phi) is 1.60. The van der Waals surface area contributed by atoms with E-state index in [1.807, 2.05) is 0 Å². The highest BCUT2D eigenvalue weighted by molar-refractivity contribution is 5.57. The van der Waals surface area contributed by atoms with E-state index in [1.54, 1.807) is 0 Å². The van der Waals surface area contributed by atoms with E-state index in [2.05, 4.69) is 0 Å². The summed E-state index contributed by atoms with van der Waals surface area (Å²) in [5.74, 6) is 0.285.